The van der Waals surface area contributed by atoms with E-state index >= 15 is 0 Å². The quantitative estimate of drug-likeness (QED) is 0.890. The number of nitrogens with two attached hydrogens (primary N) is 1. The highest BCUT2D eigenvalue weighted by atomic mass is 35.5. The van der Waals surface area contributed by atoms with E-state index in [0.717, 1.165) is 16.9 Å². The van der Waals surface area contributed by atoms with Crippen LogP contribution < -0.4 is 11.1 Å². The number of amides is 1. The summed E-state index contributed by atoms with van der Waals surface area (Å²) in [5, 5.41) is 2.67. The van der Waals surface area contributed by atoms with Gasteiger partial charge in [0.15, 0.2) is 0 Å². The standard InChI is InChI=1S/C11H9Cl2N3OS/c1-5-2-6(14)4-15-10(5)16-11(17)7-3-8(12)18-9(7)13/h2-4H,14H2,1H3,(H,15,16,17). The molecule has 0 saturated heterocycles. The van der Waals surface area contributed by atoms with Crippen molar-refractivity contribution < 1.29 is 4.79 Å². The Morgan fingerprint density at radius 3 is 2.72 bits per heavy atom. The van der Waals surface area contributed by atoms with Crippen LogP contribution in [0.25, 0.3) is 0 Å². The molecule has 2 heterocycles. The fraction of sp³-hybridized carbons (Fsp3) is 0.0909. The van der Waals surface area contributed by atoms with Crippen LogP contribution in [0.2, 0.25) is 8.67 Å². The summed E-state index contributed by atoms with van der Waals surface area (Å²) in [6, 6.07) is 3.25. The number of halogens is 2. The van der Waals surface area contributed by atoms with E-state index in [1.54, 1.807) is 13.0 Å². The largest absolute Gasteiger partial charge is 0.397 e. The third kappa shape index (κ3) is 2.75. The lowest BCUT2D eigenvalue weighted by atomic mass is 10.2. The molecule has 0 unspecified atom stereocenters. The van der Waals surface area contributed by atoms with Crippen LogP contribution in [-0.2, 0) is 0 Å². The Kier molecular flexibility index (Phi) is 3.75. The Hall–Kier alpha value is -1.30. The molecule has 2 aromatic heterocycles. The second-order valence-corrected chi connectivity index (χ2v) is 5.91. The predicted octanol–water partition coefficient (Wildman–Crippen LogP) is 3.59. The van der Waals surface area contributed by atoms with Gasteiger partial charge in [0.05, 0.1) is 21.8 Å². The van der Waals surface area contributed by atoms with Crippen molar-refractivity contribution in [3.05, 3.63) is 38.1 Å². The third-order valence-electron chi connectivity index (χ3n) is 2.23. The number of nitrogens with one attached hydrogen (secondary N) is 1. The molecular formula is C11H9Cl2N3OS. The maximum Gasteiger partial charge on any atom is 0.259 e. The number of rotatable bonds is 2. The van der Waals surface area contributed by atoms with Crippen molar-refractivity contribution in [3.63, 3.8) is 0 Å². The number of anilines is 2. The lowest BCUT2D eigenvalue weighted by molar-refractivity contribution is 0.102. The topological polar surface area (TPSA) is 68.0 Å². The average molecular weight is 302 g/mol. The van der Waals surface area contributed by atoms with Gasteiger partial charge in [-0.3, -0.25) is 4.79 Å². The molecule has 0 aliphatic carbocycles. The van der Waals surface area contributed by atoms with Crippen molar-refractivity contribution in [2.24, 2.45) is 0 Å². The van der Waals surface area contributed by atoms with Crippen molar-refractivity contribution >= 4 is 52.0 Å². The van der Waals surface area contributed by atoms with Crippen LogP contribution in [0, 0.1) is 6.92 Å². The van der Waals surface area contributed by atoms with E-state index in [1.807, 2.05) is 0 Å². The van der Waals surface area contributed by atoms with Crippen LogP contribution >= 0.6 is 34.5 Å². The molecule has 2 aromatic rings. The average Bonchev–Trinajstić information content (AvgIpc) is 2.62. The van der Waals surface area contributed by atoms with Gasteiger partial charge in [0.1, 0.15) is 10.2 Å². The van der Waals surface area contributed by atoms with Gasteiger partial charge < -0.3 is 11.1 Å². The molecule has 4 nitrogen and oxygen atoms in total. The minimum absolute atomic E-state index is 0.338. The summed E-state index contributed by atoms with van der Waals surface area (Å²) in [5.74, 6) is 0.108. The zero-order valence-electron chi connectivity index (χ0n) is 9.33. The molecule has 94 valence electrons. The Morgan fingerprint density at radius 2 is 2.17 bits per heavy atom. The molecule has 0 fully saturated rings. The first-order valence-corrected chi connectivity index (χ1v) is 6.53. The second kappa shape index (κ2) is 5.14. The lowest BCUT2D eigenvalue weighted by Crippen LogP contribution is -2.13. The van der Waals surface area contributed by atoms with Crippen LogP contribution in [0.4, 0.5) is 11.5 Å². The van der Waals surface area contributed by atoms with E-state index in [9.17, 15) is 4.79 Å². The minimum atomic E-state index is -0.344. The van der Waals surface area contributed by atoms with Crippen LogP contribution in [0.5, 0.6) is 0 Å². The second-order valence-electron chi connectivity index (χ2n) is 3.63. The molecular weight excluding hydrogens is 293 g/mol. The van der Waals surface area contributed by atoms with E-state index in [2.05, 4.69) is 10.3 Å². The van der Waals surface area contributed by atoms with Gasteiger partial charge in [0.25, 0.3) is 5.91 Å². The van der Waals surface area contributed by atoms with E-state index in [1.165, 1.54) is 12.3 Å². The molecule has 0 spiro atoms. The molecule has 0 atom stereocenters. The summed E-state index contributed by atoms with van der Waals surface area (Å²) in [7, 11) is 0. The maximum atomic E-state index is 12.0. The first-order chi connectivity index (χ1) is 8.47. The van der Waals surface area contributed by atoms with Crippen LogP contribution in [0.1, 0.15) is 15.9 Å². The molecule has 7 heteroatoms. The molecule has 2 rings (SSSR count). The number of pyridine rings is 1. The number of carbonyl (C=O) groups excluding carboxylic acids is 1. The number of thiophene rings is 1. The van der Waals surface area contributed by atoms with Crippen molar-refractivity contribution in [2.75, 3.05) is 11.1 Å². The van der Waals surface area contributed by atoms with E-state index in [0.29, 0.717) is 25.7 Å². The van der Waals surface area contributed by atoms with Crippen molar-refractivity contribution in [1.82, 2.24) is 4.98 Å². The first kappa shape index (κ1) is 13.1. The van der Waals surface area contributed by atoms with Crippen molar-refractivity contribution in [1.29, 1.82) is 0 Å². The summed E-state index contributed by atoms with van der Waals surface area (Å²) in [4.78, 5) is 16.0. The first-order valence-electron chi connectivity index (χ1n) is 4.95. The number of hydrogen-bond donors (Lipinski definition) is 2. The fourth-order valence-electron chi connectivity index (χ4n) is 1.40. The molecule has 18 heavy (non-hydrogen) atoms. The minimum Gasteiger partial charge on any atom is -0.397 e. The van der Waals surface area contributed by atoms with Crippen LogP contribution in [0.3, 0.4) is 0 Å². The molecule has 0 aromatic carbocycles. The highest BCUT2D eigenvalue weighted by Gasteiger charge is 2.15. The normalized spacial score (nSPS) is 10.4. The zero-order valence-corrected chi connectivity index (χ0v) is 11.7. The monoisotopic (exact) mass is 301 g/mol. The Morgan fingerprint density at radius 1 is 1.44 bits per heavy atom. The SMILES string of the molecule is Cc1cc(N)cnc1NC(=O)c1cc(Cl)sc1Cl. The lowest BCUT2D eigenvalue weighted by Gasteiger charge is -2.07. The number of nitrogens with zero attached hydrogens (tertiary/aromatic N) is 1. The molecule has 0 aliphatic heterocycles. The summed E-state index contributed by atoms with van der Waals surface area (Å²) in [6.45, 7) is 1.81. The van der Waals surface area contributed by atoms with Gasteiger partial charge >= 0.3 is 0 Å². The van der Waals surface area contributed by atoms with E-state index in [4.69, 9.17) is 28.9 Å². The molecule has 0 radical (unpaired) electrons. The number of nitrogen functional groups attached to an aromatic ring is 1. The smallest absolute Gasteiger partial charge is 0.259 e. The summed E-state index contributed by atoms with van der Waals surface area (Å²) in [5.41, 5.74) is 7.24. The van der Waals surface area contributed by atoms with Crippen molar-refractivity contribution in [3.8, 4) is 0 Å². The summed E-state index contributed by atoms with van der Waals surface area (Å²) >= 11 is 12.8. The Labute approximate surface area is 118 Å². The van der Waals surface area contributed by atoms with Gasteiger partial charge in [-0.15, -0.1) is 11.3 Å². The highest BCUT2D eigenvalue weighted by Crippen LogP contribution is 2.31. The number of aryl methyl sites for hydroxylation is 1. The third-order valence-corrected chi connectivity index (χ3v) is 3.72. The van der Waals surface area contributed by atoms with Crippen LogP contribution in [0.15, 0.2) is 18.3 Å². The predicted molar refractivity (Wildman–Crippen MR) is 75.7 cm³/mol. The van der Waals surface area contributed by atoms with Gasteiger partial charge in [-0.25, -0.2) is 4.98 Å². The summed E-state index contributed by atoms with van der Waals surface area (Å²) in [6.07, 6.45) is 1.48. The maximum absolute atomic E-state index is 12.0. The van der Waals surface area contributed by atoms with Gasteiger partial charge in [0, 0.05) is 0 Å². The molecule has 0 bridgehead atoms. The van der Waals surface area contributed by atoms with Crippen molar-refractivity contribution in [2.45, 2.75) is 6.92 Å². The number of carbonyl (C=O) groups is 1. The Bertz CT molecular complexity index is 612. The number of aromatic nitrogens is 1. The van der Waals surface area contributed by atoms with Gasteiger partial charge in [-0.1, -0.05) is 23.2 Å². The van der Waals surface area contributed by atoms with Gasteiger partial charge in [-0.2, -0.15) is 0 Å². The van der Waals surface area contributed by atoms with Gasteiger partial charge in [0.2, 0.25) is 0 Å². The molecule has 1 amide bonds. The zero-order chi connectivity index (χ0) is 13.3. The molecule has 0 aliphatic rings. The van der Waals surface area contributed by atoms with E-state index < -0.39 is 0 Å². The molecule has 0 saturated carbocycles. The highest BCUT2D eigenvalue weighted by molar-refractivity contribution is 7.20. The van der Waals surface area contributed by atoms with Gasteiger partial charge in [-0.05, 0) is 24.6 Å². The number of hydrogen-bond acceptors (Lipinski definition) is 4. The van der Waals surface area contributed by atoms with Crippen LogP contribution in [-0.4, -0.2) is 10.9 Å². The fourth-order valence-corrected chi connectivity index (χ4v) is 2.86. The Balaban J connectivity index is 2.24. The molecule has 3 N–H and O–H groups in total. The van der Waals surface area contributed by atoms with E-state index in [-0.39, 0.29) is 5.91 Å². The summed E-state index contributed by atoms with van der Waals surface area (Å²) < 4.78 is 0.817.